The zero-order chi connectivity index (χ0) is 42.2. The van der Waals surface area contributed by atoms with E-state index in [2.05, 4.69) is 6.58 Å². The van der Waals surface area contributed by atoms with Crippen molar-refractivity contribution in [2.24, 2.45) is 29.6 Å². The highest BCUT2D eigenvalue weighted by Crippen LogP contribution is 2.39. The second kappa shape index (κ2) is 21.0. The lowest BCUT2D eigenvalue weighted by atomic mass is 9.81. The second-order valence-corrected chi connectivity index (χ2v) is 17.3. The van der Waals surface area contributed by atoms with Crippen LogP contribution in [0.2, 0.25) is 0 Å². The molecule has 3 aliphatic heterocycles. The Morgan fingerprint density at radius 3 is 2.25 bits per heavy atom. The van der Waals surface area contributed by atoms with Crippen LogP contribution < -0.4 is 0 Å². The van der Waals surface area contributed by atoms with Gasteiger partial charge in [0.1, 0.15) is 24.0 Å². The minimum absolute atomic E-state index is 0.00988. The molecule has 0 aromatic rings. The van der Waals surface area contributed by atoms with E-state index in [1.165, 1.54) is 19.1 Å². The summed E-state index contributed by atoms with van der Waals surface area (Å²) in [6.07, 6.45) is 4.93. The van der Waals surface area contributed by atoms with Gasteiger partial charge in [0, 0.05) is 52.0 Å². The maximum absolute atomic E-state index is 14.3. The number of cyclic esters (lactones) is 1. The first kappa shape index (κ1) is 46.9. The molecular weight excluding hydrogens is 734 g/mol. The van der Waals surface area contributed by atoms with E-state index in [1.54, 1.807) is 27.0 Å². The summed E-state index contributed by atoms with van der Waals surface area (Å²) >= 11 is 0. The molecule has 4 rings (SSSR count). The number of ketones is 2. The summed E-state index contributed by atoms with van der Waals surface area (Å²) in [4.78, 5) is 57.8. The van der Waals surface area contributed by atoms with Gasteiger partial charge in [-0.1, -0.05) is 44.6 Å². The smallest absolute Gasteiger partial charge is 0.329 e. The van der Waals surface area contributed by atoms with Gasteiger partial charge in [-0.15, -0.1) is 6.58 Å². The predicted octanol–water partition coefficient (Wildman–Crippen LogP) is 4.64. The summed E-state index contributed by atoms with van der Waals surface area (Å²) < 4.78 is 29.7. The van der Waals surface area contributed by atoms with Gasteiger partial charge in [-0.2, -0.15) is 0 Å². The Morgan fingerprint density at radius 1 is 0.930 bits per heavy atom. The van der Waals surface area contributed by atoms with Crippen LogP contribution in [-0.2, 0) is 42.9 Å². The molecule has 13 heteroatoms. The molecule has 0 aromatic carbocycles. The zero-order valence-electron chi connectivity index (χ0n) is 35.4. The largest absolute Gasteiger partial charge is 0.456 e. The predicted molar refractivity (Wildman–Crippen MR) is 213 cm³/mol. The average Bonchev–Trinajstić information content (AvgIpc) is 3.18. The van der Waals surface area contributed by atoms with Crippen LogP contribution in [0.3, 0.4) is 0 Å². The van der Waals surface area contributed by atoms with E-state index < -0.39 is 83.9 Å². The zero-order valence-corrected chi connectivity index (χ0v) is 35.4. The summed E-state index contributed by atoms with van der Waals surface area (Å²) in [5.41, 5.74) is 1.61. The van der Waals surface area contributed by atoms with Crippen LogP contribution in [0.1, 0.15) is 105 Å². The number of ether oxygens (including phenoxy) is 5. The van der Waals surface area contributed by atoms with Crippen LogP contribution in [0.5, 0.6) is 0 Å². The standard InChI is InChI=1S/C44H69NO12/c1-10-13-31-19-25(2)18-26(3)20-37(54-8)40-38(55-9)22-28(5)44(52,57-40)41(49)42(50)45-17-12-11-14-32(45)43(51)56-39(29(6)34(47)24-35(31)48)27(4)21-30-15-16-33(46)36(23-30)53-7/h10,19,21,26,28-34,36-40,46-47,52H,1,11-18,20,22-24H2,2-9H3/b25-19+,27-21+/t26-,28?,29+,30-,31+,32-,33+,34-,36?,37-,38?,39+,40?,44?/m0/s1. The van der Waals surface area contributed by atoms with Crippen molar-refractivity contribution >= 4 is 23.4 Å². The van der Waals surface area contributed by atoms with Crippen LogP contribution in [0, 0.1) is 29.6 Å². The van der Waals surface area contributed by atoms with Gasteiger partial charge < -0.3 is 43.9 Å². The van der Waals surface area contributed by atoms with Crippen LogP contribution >= 0.6 is 0 Å². The number of rotatable bonds is 7. The Kier molecular flexibility index (Phi) is 17.2. The molecule has 0 aromatic heterocycles. The highest BCUT2D eigenvalue weighted by atomic mass is 16.7. The van der Waals surface area contributed by atoms with Gasteiger partial charge in [-0.05, 0) is 95.5 Å². The number of hydrogen-bond acceptors (Lipinski definition) is 12. The minimum Gasteiger partial charge on any atom is -0.456 e. The van der Waals surface area contributed by atoms with Gasteiger partial charge in [0.15, 0.2) is 0 Å². The lowest BCUT2D eigenvalue weighted by Gasteiger charge is -2.47. The Bertz CT molecular complexity index is 1480. The van der Waals surface area contributed by atoms with Crippen molar-refractivity contribution in [1.82, 2.24) is 4.90 Å². The van der Waals surface area contributed by atoms with E-state index in [-0.39, 0.29) is 49.5 Å². The van der Waals surface area contributed by atoms with E-state index >= 15 is 0 Å². The van der Waals surface area contributed by atoms with E-state index in [1.807, 2.05) is 32.9 Å². The normalized spacial score (nSPS) is 41.0. The van der Waals surface area contributed by atoms with Gasteiger partial charge in [-0.3, -0.25) is 14.4 Å². The lowest BCUT2D eigenvalue weighted by molar-refractivity contribution is -0.302. The highest BCUT2D eigenvalue weighted by molar-refractivity contribution is 6.39. The number of nitrogens with zero attached hydrogens (tertiary/aromatic N) is 1. The van der Waals surface area contributed by atoms with E-state index in [4.69, 9.17) is 23.7 Å². The van der Waals surface area contributed by atoms with Crippen LogP contribution in [0.4, 0.5) is 0 Å². The summed E-state index contributed by atoms with van der Waals surface area (Å²) in [6, 6.07) is -1.14. The second-order valence-electron chi connectivity index (χ2n) is 17.3. The molecule has 13 nitrogen and oxygen atoms in total. The Labute approximate surface area is 339 Å². The number of esters is 1. The molecule has 1 aliphatic carbocycles. The number of carbonyl (C=O) groups is 4. The molecule has 0 radical (unpaired) electrons. The average molecular weight is 804 g/mol. The molecule has 4 aliphatic rings. The number of amides is 1. The number of methoxy groups -OCH3 is 3. The first-order valence-corrected chi connectivity index (χ1v) is 20.9. The van der Waals surface area contributed by atoms with Crippen LogP contribution in [0.25, 0.3) is 0 Å². The van der Waals surface area contributed by atoms with Gasteiger partial charge in [0.2, 0.25) is 5.79 Å². The summed E-state index contributed by atoms with van der Waals surface area (Å²) in [5, 5.41) is 34.1. The molecule has 0 spiro atoms. The van der Waals surface area contributed by atoms with Crippen molar-refractivity contribution in [1.29, 1.82) is 0 Å². The Morgan fingerprint density at radius 2 is 1.60 bits per heavy atom. The van der Waals surface area contributed by atoms with Gasteiger partial charge in [0.25, 0.3) is 11.7 Å². The number of allylic oxidation sites excluding steroid dienone is 4. The van der Waals surface area contributed by atoms with E-state index in [0.29, 0.717) is 56.9 Å². The summed E-state index contributed by atoms with van der Waals surface area (Å²) in [7, 11) is 4.61. The lowest BCUT2D eigenvalue weighted by Crippen LogP contribution is -2.64. The number of aliphatic hydroxyl groups is 3. The third-order valence-corrected chi connectivity index (χ3v) is 12.9. The number of piperidine rings is 1. The fraction of sp³-hybridized carbons (Fsp3) is 0.773. The SMILES string of the molecule is C=CC[C@@H]1/C=C(\C)C[C@H](C)C[C@H](OC)C2OC(O)(C(=O)C(=O)N3CCCC[C@H]3C(=O)O[C@H](/C(C)=C/[C@@H]3CC[C@@H](O)C(OC)C3)[C@H](C)[C@@H](O)CC1=O)C(C)CC2OC. The number of Topliss-reactive ketones (excluding diaryl/α,β-unsaturated/α-hetero) is 2. The molecule has 14 atom stereocenters. The molecular formula is C44H69NO12. The van der Waals surface area contributed by atoms with E-state index in [9.17, 15) is 34.5 Å². The minimum atomic E-state index is -2.51. The number of hydrogen-bond donors (Lipinski definition) is 3. The maximum Gasteiger partial charge on any atom is 0.329 e. The summed E-state index contributed by atoms with van der Waals surface area (Å²) in [6.45, 7) is 13.1. The maximum atomic E-state index is 14.3. The van der Waals surface area contributed by atoms with Crippen LogP contribution in [0.15, 0.2) is 36.0 Å². The molecule has 322 valence electrons. The fourth-order valence-electron chi connectivity index (χ4n) is 9.42. The number of aliphatic hydroxyl groups excluding tert-OH is 2. The molecule has 3 fully saturated rings. The molecule has 2 saturated heterocycles. The van der Waals surface area contributed by atoms with Crippen LogP contribution in [-0.4, -0.2) is 126 Å². The first-order chi connectivity index (χ1) is 27.0. The van der Waals surface area contributed by atoms with Crippen molar-refractivity contribution in [3.8, 4) is 0 Å². The van der Waals surface area contributed by atoms with Crippen molar-refractivity contribution in [3.05, 3.63) is 36.0 Å². The molecule has 3 heterocycles. The monoisotopic (exact) mass is 803 g/mol. The molecule has 3 N–H and O–H groups in total. The third kappa shape index (κ3) is 11.3. The third-order valence-electron chi connectivity index (χ3n) is 12.9. The Balaban J connectivity index is 1.78. The van der Waals surface area contributed by atoms with E-state index in [0.717, 1.165) is 5.57 Å². The van der Waals surface area contributed by atoms with Crippen molar-refractivity contribution in [2.75, 3.05) is 27.9 Å². The highest BCUT2D eigenvalue weighted by Gasteiger charge is 2.56. The molecule has 1 saturated carbocycles. The van der Waals surface area contributed by atoms with Crippen molar-refractivity contribution in [2.45, 2.75) is 160 Å². The van der Waals surface area contributed by atoms with Crippen molar-refractivity contribution in [3.63, 3.8) is 0 Å². The molecule has 1 amide bonds. The molecule has 5 unspecified atom stereocenters. The fourth-order valence-corrected chi connectivity index (χ4v) is 9.42. The molecule has 2 bridgehead atoms. The quantitative estimate of drug-likeness (QED) is 0.185. The number of carbonyl (C=O) groups excluding carboxylic acids is 4. The number of fused-ring (bicyclic) bond motifs is 3. The van der Waals surface area contributed by atoms with Crippen molar-refractivity contribution < 1.29 is 58.2 Å². The van der Waals surface area contributed by atoms with Gasteiger partial charge in [-0.25, -0.2) is 4.79 Å². The topological polar surface area (TPSA) is 178 Å². The molecule has 57 heavy (non-hydrogen) atoms. The van der Waals surface area contributed by atoms with Gasteiger partial charge >= 0.3 is 5.97 Å². The van der Waals surface area contributed by atoms with Gasteiger partial charge in [0.05, 0.1) is 30.5 Å². The Hall–Kier alpha value is -2.78. The first-order valence-electron chi connectivity index (χ1n) is 20.9. The summed E-state index contributed by atoms with van der Waals surface area (Å²) in [5.74, 6) is -7.76.